The van der Waals surface area contributed by atoms with Gasteiger partial charge in [0.25, 0.3) is 0 Å². The molecule has 3 N–H and O–H groups in total. The van der Waals surface area contributed by atoms with Crippen molar-refractivity contribution in [3.8, 4) is 0 Å². The van der Waals surface area contributed by atoms with Crippen molar-refractivity contribution >= 4 is 35.4 Å². The first-order valence-corrected chi connectivity index (χ1v) is 7.34. The molecule has 8 nitrogen and oxygen atoms in total. The number of aliphatic carboxylic acids is 1. The van der Waals surface area contributed by atoms with Crippen molar-refractivity contribution in [2.75, 3.05) is 16.8 Å². The maximum atomic E-state index is 11.6. The van der Waals surface area contributed by atoms with Crippen LogP contribution in [0, 0.1) is 6.92 Å². The molecule has 1 aromatic rings. The third kappa shape index (κ3) is 6.80. The first-order chi connectivity index (χ1) is 9.88. The second-order valence-electron chi connectivity index (χ2n) is 4.29. The lowest BCUT2D eigenvalue weighted by Gasteiger charge is -2.12. The van der Waals surface area contributed by atoms with Gasteiger partial charge in [0.05, 0.1) is 0 Å². The molecule has 1 atom stereocenters. The molecular weight excluding hydrogens is 298 g/mol. The number of amides is 2. The Morgan fingerprint density at radius 2 is 2.19 bits per heavy atom. The van der Waals surface area contributed by atoms with E-state index in [9.17, 15) is 14.4 Å². The lowest BCUT2D eigenvalue weighted by atomic mass is 10.3. The molecular formula is C12H17N3O5S. The van der Waals surface area contributed by atoms with Gasteiger partial charge in [-0.15, -0.1) is 0 Å². The summed E-state index contributed by atoms with van der Waals surface area (Å²) in [5.74, 6) is -0.148. The van der Waals surface area contributed by atoms with Crippen LogP contribution in [0.25, 0.3) is 0 Å². The molecule has 1 aromatic heterocycles. The molecule has 9 heteroatoms. The Balaban J connectivity index is 2.24. The van der Waals surface area contributed by atoms with E-state index in [2.05, 4.69) is 15.8 Å². The molecule has 0 aliphatic rings. The maximum absolute atomic E-state index is 11.6. The molecule has 0 radical (unpaired) electrons. The second kappa shape index (κ2) is 8.30. The minimum absolute atomic E-state index is 0.200. The van der Waals surface area contributed by atoms with E-state index in [1.165, 1.54) is 18.7 Å². The number of hydrogen-bond donors (Lipinski definition) is 3. The summed E-state index contributed by atoms with van der Waals surface area (Å²) in [5.41, 5.74) is 0. The number of carboxylic acids is 1. The quantitative estimate of drug-likeness (QED) is 0.602. The van der Waals surface area contributed by atoms with Crippen LogP contribution >= 0.6 is 11.8 Å². The number of carbonyl (C=O) groups excluding carboxylic acids is 2. The molecule has 0 bridgehead atoms. The second-order valence-corrected chi connectivity index (χ2v) is 5.44. The molecule has 0 unspecified atom stereocenters. The van der Waals surface area contributed by atoms with Crippen LogP contribution in [0.3, 0.4) is 0 Å². The van der Waals surface area contributed by atoms with E-state index in [-0.39, 0.29) is 18.1 Å². The average molecular weight is 315 g/mol. The van der Waals surface area contributed by atoms with Crippen molar-refractivity contribution in [1.82, 2.24) is 10.5 Å². The number of aryl methyl sites for hydroxylation is 1. The van der Waals surface area contributed by atoms with Crippen LogP contribution in [0.15, 0.2) is 10.6 Å². The van der Waals surface area contributed by atoms with Crippen molar-refractivity contribution in [1.29, 1.82) is 0 Å². The highest BCUT2D eigenvalue weighted by Crippen LogP contribution is 2.09. The SMILES string of the molecule is CC(=O)N[C@@H](CSCCC(=O)Nc1cc(C)on1)C(=O)O. The number of anilines is 1. The monoisotopic (exact) mass is 315 g/mol. The molecule has 0 spiro atoms. The molecule has 1 rings (SSSR count). The van der Waals surface area contributed by atoms with E-state index in [0.717, 1.165) is 0 Å². The topological polar surface area (TPSA) is 122 Å². The summed E-state index contributed by atoms with van der Waals surface area (Å²) in [6.07, 6.45) is 0.211. The molecule has 0 saturated heterocycles. The number of nitrogens with zero attached hydrogens (tertiary/aromatic N) is 1. The molecule has 21 heavy (non-hydrogen) atoms. The van der Waals surface area contributed by atoms with E-state index in [4.69, 9.17) is 9.63 Å². The number of hydrogen-bond acceptors (Lipinski definition) is 6. The van der Waals surface area contributed by atoms with Gasteiger partial charge in [-0.3, -0.25) is 9.59 Å². The van der Waals surface area contributed by atoms with Crippen LogP contribution in [-0.2, 0) is 14.4 Å². The maximum Gasteiger partial charge on any atom is 0.327 e. The molecule has 0 fully saturated rings. The van der Waals surface area contributed by atoms with Crippen LogP contribution in [0.2, 0.25) is 0 Å². The van der Waals surface area contributed by atoms with Crippen LogP contribution in [0.5, 0.6) is 0 Å². The molecule has 0 saturated carbocycles. The highest BCUT2D eigenvalue weighted by atomic mass is 32.2. The van der Waals surface area contributed by atoms with Gasteiger partial charge in [-0.2, -0.15) is 11.8 Å². The van der Waals surface area contributed by atoms with Gasteiger partial charge >= 0.3 is 5.97 Å². The Labute approximate surface area is 125 Å². The smallest absolute Gasteiger partial charge is 0.327 e. The first kappa shape index (κ1) is 17.0. The predicted molar refractivity (Wildman–Crippen MR) is 77.1 cm³/mol. The number of aromatic nitrogens is 1. The van der Waals surface area contributed by atoms with E-state index < -0.39 is 17.9 Å². The summed E-state index contributed by atoms with van der Waals surface area (Å²) >= 11 is 1.28. The predicted octanol–water partition coefficient (Wildman–Crippen LogP) is 0.634. The lowest BCUT2D eigenvalue weighted by Crippen LogP contribution is -2.41. The summed E-state index contributed by atoms with van der Waals surface area (Å²) in [5, 5.41) is 17.4. The Kier molecular flexibility index (Phi) is 6.73. The van der Waals surface area contributed by atoms with Crippen LogP contribution in [-0.4, -0.2) is 45.6 Å². The first-order valence-electron chi connectivity index (χ1n) is 6.19. The number of carboxylic acid groups (broad SMARTS) is 1. The van der Waals surface area contributed by atoms with E-state index >= 15 is 0 Å². The highest BCUT2D eigenvalue weighted by molar-refractivity contribution is 7.99. The van der Waals surface area contributed by atoms with Gasteiger partial charge in [0.1, 0.15) is 11.8 Å². The highest BCUT2D eigenvalue weighted by Gasteiger charge is 2.18. The summed E-state index contributed by atoms with van der Waals surface area (Å²) in [7, 11) is 0. The zero-order valence-corrected chi connectivity index (χ0v) is 12.5. The van der Waals surface area contributed by atoms with Gasteiger partial charge in [-0.25, -0.2) is 4.79 Å². The zero-order valence-electron chi connectivity index (χ0n) is 11.7. The summed E-state index contributed by atoms with van der Waals surface area (Å²) in [6.45, 7) is 2.97. The lowest BCUT2D eigenvalue weighted by molar-refractivity contribution is -0.140. The summed E-state index contributed by atoms with van der Waals surface area (Å²) in [4.78, 5) is 33.3. The number of rotatable bonds is 8. The minimum Gasteiger partial charge on any atom is -0.480 e. The molecule has 0 aliphatic carbocycles. The van der Waals surface area contributed by atoms with E-state index in [1.54, 1.807) is 13.0 Å². The van der Waals surface area contributed by atoms with Gasteiger partial charge in [-0.05, 0) is 6.92 Å². The molecule has 0 aromatic carbocycles. The van der Waals surface area contributed by atoms with Crippen LogP contribution in [0.4, 0.5) is 5.82 Å². The van der Waals surface area contributed by atoms with Crippen molar-refractivity contribution in [2.24, 2.45) is 0 Å². The summed E-state index contributed by atoms with van der Waals surface area (Å²) in [6, 6.07) is 0.649. The van der Waals surface area contributed by atoms with Gasteiger partial charge in [0.15, 0.2) is 5.82 Å². The van der Waals surface area contributed by atoms with Crippen molar-refractivity contribution in [3.63, 3.8) is 0 Å². The Bertz CT molecular complexity index is 517. The normalized spacial score (nSPS) is 11.7. The van der Waals surface area contributed by atoms with Gasteiger partial charge in [0, 0.05) is 30.9 Å². The Morgan fingerprint density at radius 3 is 2.71 bits per heavy atom. The van der Waals surface area contributed by atoms with Gasteiger partial charge in [0.2, 0.25) is 11.8 Å². The van der Waals surface area contributed by atoms with Crippen LogP contribution < -0.4 is 10.6 Å². The largest absolute Gasteiger partial charge is 0.480 e. The van der Waals surface area contributed by atoms with Crippen LogP contribution in [0.1, 0.15) is 19.1 Å². The van der Waals surface area contributed by atoms with Crippen molar-refractivity contribution in [3.05, 3.63) is 11.8 Å². The fourth-order valence-electron chi connectivity index (χ4n) is 1.42. The fraction of sp³-hybridized carbons (Fsp3) is 0.500. The standard InChI is InChI=1S/C12H17N3O5S/c1-7-5-10(15-20-7)14-11(17)3-4-21-6-9(12(18)19)13-8(2)16/h5,9H,3-4,6H2,1-2H3,(H,13,16)(H,18,19)(H,14,15,17)/t9-/m0/s1. The molecule has 116 valence electrons. The number of thioether (sulfide) groups is 1. The van der Waals surface area contributed by atoms with Crippen molar-refractivity contribution in [2.45, 2.75) is 26.3 Å². The zero-order chi connectivity index (χ0) is 15.8. The minimum atomic E-state index is -1.10. The molecule has 0 aliphatic heterocycles. The van der Waals surface area contributed by atoms with E-state index in [1.807, 2.05) is 0 Å². The Hall–Kier alpha value is -2.03. The third-order valence-electron chi connectivity index (χ3n) is 2.33. The molecule has 2 amide bonds. The summed E-state index contributed by atoms with van der Waals surface area (Å²) < 4.78 is 4.81. The fourth-order valence-corrected chi connectivity index (χ4v) is 2.37. The third-order valence-corrected chi connectivity index (χ3v) is 3.39. The van der Waals surface area contributed by atoms with Gasteiger partial charge in [-0.1, -0.05) is 5.16 Å². The van der Waals surface area contributed by atoms with E-state index in [0.29, 0.717) is 17.3 Å². The number of nitrogens with one attached hydrogen (secondary N) is 2. The van der Waals surface area contributed by atoms with Crippen molar-refractivity contribution < 1.29 is 24.0 Å². The van der Waals surface area contributed by atoms with Gasteiger partial charge < -0.3 is 20.3 Å². The Morgan fingerprint density at radius 1 is 1.48 bits per heavy atom. The number of carbonyl (C=O) groups is 3. The molecule has 1 heterocycles. The average Bonchev–Trinajstić information content (AvgIpc) is 2.77.